The molecular formula is C16H32N2. The van der Waals surface area contributed by atoms with Crippen molar-refractivity contribution in [1.82, 2.24) is 9.80 Å². The number of rotatable bonds is 3. The first-order valence-corrected chi connectivity index (χ1v) is 7.96. The van der Waals surface area contributed by atoms with Crippen LogP contribution in [0, 0.1) is 5.92 Å². The van der Waals surface area contributed by atoms with Gasteiger partial charge in [0, 0.05) is 18.1 Å². The molecule has 2 nitrogen and oxygen atoms in total. The zero-order valence-electron chi connectivity index (χ0n) is 12.9. The zero-order chi connectivity index (χ0) is 13.2. The average molecular weight is 252 g/mol. The van der Waals surface area contributed by atoms with Gasteiger partial charge >= 0.3 is 0 Å². The highest BCUT2D eigenvalue weighted by molar-refractivity contribution is 4.86. The Balaban J connectivity index is 1.76. The highest BCUT2D eigenvalue weighted by Crippen LogP contribution is 2.28. The first kappa shape index (κ1) is 14.3. The molecule has 2 fully saturated rings. The Bertz CT molecular complexity index is 250. The Morgan fingerprint density at radius 1 is 1.06 bits per heavy atom. The van der Waals surface area contributed by atoms with E-state index in [9.17, 15) is 0 Å². The molecule has 0 aromatic heterocycles. The molecule has 0 radical (unpaired) electrons. The Morgan fingerprint density at radius 2 is 1.72 bits per heavy atom. The van der Waals surface area contributed by atoms with Gasteiger partial charge in [0.05, 0.1) is 0 Å². The molecule has 2 rings (SSSR count). The van der Waals surface area contributed by atoms with Crippen LogP contribution in [-0.2, 0) is 0 Å². The standard InChI is InChI=1S/C16H32N2/c1-14(17-9-6-5-7-10-17)12-15-8-11-18(13-15)16(2,3)4/h14-15H,5-13H2,1-4H3. The summed E-state index contributed by atoms with van der Waals surface area (Å²) in [4.78, 5) is 5.39. The van der Waals surface area contributed by atoms with Crippen LogP contribution in [0.1, 0.15) is 59.8 Å². The van der Waals surface area contributed by atoms with Crippen molar-refractivity contribution in [3.05, 3.63) is 0 Å². The topological polar surface area (TPSA) is 6.48 Å². The first-order chi connectivity index (χ1) is 8.47. The van der Waals surface area contributed by atoms with Gasteiger partial charge in [-0.3, -0.25) is 4.90 Å². The maximum Gasteiger partial charge on any atom is 0.0125 e. The SMILES string of the molecule is CC(CC1CCN(C(C)(C)C)C1)N1CCCCC1. The van der Waals surface area contributed by atoms with E-state index in [1.165, 1.54) is 58.3 Å². The van der Waals surface area contributed by atoms with Gasteiger partial charge in [0.15, 0.2) is 0 Å². The summed E-state index contributed by atoms with van der Waals surface area (Å²) in [5, 5.41) is 0. The van der Waals surface area contributed by atoms with Crippen LogP contribution < -0.4 is 0 Å². The van der Waals surface area contributed by atoms with Gasteiger partial charge in [-0.1, -0.05) is 6.42 Å². The molecule has 2 aliphatic rings. The Labute approximate surface area is 114 Å². The molecule has 0 saturated carbocycles. The predicted molar refractivity (Wildman–Crippen MR) is 78.9 cm³/mol. The summed E-state index contributed by atoms with van der Waals surface area (Å²) < 4.78 is 0. The fraction of sp³-hybridized carbons (Fsp3) is 1.00. The average Bonchev–Trinajstić information content (AvgIpc) is 2.78. The van der Waals surface area contributed by atoms with Crippen molar-refractivity contribution in [3.8, 4) is 0 Å². The van der Waals surface area contributed by atoms with Crippen molar-refractivity contribution >= 4 is 0 Å². The van der Waals surface area contributed by atoms with E-state index in [2.05, 4.69) is 37.5 Å². The number of hydrogen-bond donors (Lipinski definition) is 0. The first-order valence-electron chi connectivity index (χ1n) is 7.96. The third-order valence-electron chi connectivity index (χ3n) is 4.92. The van der Waals surface area contributed by atoms with Crippen LogP contribution in [0.25, 0.3) is 0 Å². The predicted octanol–water partition coefficient (Wildman–Crippen LogP) is 3.37. The Hall–Kier alpha value is -0.0800. The van der Waals surface area contributed by atoms with Gasteiger partial charge in [-0.05, 0) is 78.9 Å². The van der Waals surface area contributed by atoms with Gasteiger partial charge in [-0.15, -0.1) is 0 Å². The highest BCUT2D eigenvalue weighted by atomic mass is 15.2. The minimum Gasteiger partial charge on any atom is -0.301 e. The third-order valence-corrected chi connectivity index (χ3v) is 4.92. The van der Waals surface area contributed by atoms with E-state index in [1.54, 1.807) is 0 Å². The number of nitrogens with zero attached hydrogens (tertiary/aromatic N) is 2. The summed E-state index contributed by atoms with van der Waals surface area (Å²) >= 11 is 0. The molecule has 18 heavy (non-hydrogen) atoms. The van der Waals surface area contributed by atoms with Crippen molar-refractivity contribution in [2.24, 2.45) is 5.92 Å². The van der Waals surface area contributed by atoms with E-state index < -0.39 is 0 Å². The molecule has 0 bridgehead atoms. The van der Waals surface area contributed by atoms with Crippen molar-refractivity contribution < 1.29 is 0 Å². The molecular weight excluding hydrogens is 220 g/mol. The molecule has 0 aromatic carbocycles. The largest absolute Gasteiger partial charge is 0.301 e. The molecule has 2 unspecified atom stereocenters. The quantitative estimate of drug-likeness (QED) is 0.760. The molecule has 0 amide bonds. The van der Waals surface area contributed by atoms with Crippen LogP contribution in [0.3, 0.4) is 0 Å². The Kier molecular flexibility index (Phi) is 4.71. The van der Waals surface area contributed by atoms with E-state index in [0.29, 0.717) is 5.54 Å². The molecule has 0 N–H and O–H groups in total. The lowest BCUT2D eigenvalue weighted by Crippen LogP contribution is -2.41. The van der Waals surface area contributed by atoms with E-state index in [4.69, 9.17) is 0 Å². The molecule has 2 heteroatoms. The summed E-state index contributed by atoms with van der Waals surface area (Å²) in [6.45, 7) is 14.8. The van der Waals surface area contributed by atoms with Gasteiger partial charge in [0.2, 0.25) is 0 Å². The monoisotopic (exact) mass is 252 g/mol. The third kappa shape index (κ3) is 3.71. The molecule has 106 valence electrons. The summed E-state index contributed by atoms with van der Waals surface area (Å²) in [5.41, 5.74) is 0.364. The molecule has 2 atom stereocenters. The van der Waals surface area contributed by atoms with Crippen LogP contribution in [-0.4, -0.2) is 47.6 Å². The fourth-order valence-electron chi connectivity index (χ4n) is 3.62. The number of piperidine rings is 1. The minimum absolute atomic E-state index is 0.364. The fourth-order valence-corrected chi connectivity index (χ4v) is 3.62. The number of hydrogen-bond acceptors (Lipinski definition) is 2. The lowest BCUT2D eigenvalue weighted by molar-refractivity contribution is 0.139. The van der Waals surface area contributed by atoms with Gasteiger partial charge < -0.3 is 4.90 Å². The van der Waals surface area contributed by atoms with Crippen molar-refractivity contribution in [2.75, 3.05) is 26.2 Å². The minimum atomic E-state index is 0.364. The number of likely N-dealkylation sites (tertiary alicyclic amines) is 2. The van der Waals surface area contributed by atoms with E-state index >= 15 is 0 Å². The van der Waals surface area contributed by atoms with Crippen LogP contribution in [0.5, 0.6) is 0 Å². The highest BCUT2D eigenvalue weighted by Gasteiger charge is 2.31. The van der Waals surface area contributed by atoms with Gasteiger partial charge in [-0.2, -0.15) is 0 Å². The van der Waals surface area contributed by atoms with Crippen molar-refractivity contribution in [3.63, 3.8) is 0 Å². The van der Waals surface area contributed by atoms with Crippen molar-refractivity contribution in [2.45, 2.75) is 71.4 Å². The lowest BCUT2D eigenvalue weighted by Gasteiger charge is -2.34. The van der Waals surface area contributed by atoms with E-state index in [1.807, 2.05) is 0 Å². The second-order valence-electron chi connectivity index (χ2n) is 7.45. The lowest BCUT2D eigenvalue weighted by atomic mass is 9.97. The molecule has 0 aromatic rings. The van der Waals surface area contributed by atoms with Gasteiger partial charge in [0.25, 0.3) is 0 Å². The molecule has 2 aliphatic heterocycles. The van der Waals surface area contributed by atoms with E-state index in [-0.39, 0.29) is 0 Å². The van der Waals surface area contributed by atoms with Gasteiger partial charge in [0.1, 0.15) is 0 Å². The Morgan fingerprint density at radius 3 is 2.28 bits per heavy atom. The van der Waals surface area contributed by atoms with Crippen LogP contribution in [0.4, 0.5) is 0 Å². The summed E-state index contributed by atoms with van der Waals surface area (Å²) in [6.07, 6.45) is 7.11. The molecule has 0 aliphatic carbocycles. The second kappa shape index (κ2) is 5.92. The van der Waals surface area contributed by atoms with Crippen LogP contribution >= 0.6 is 0 Å². The van der Waals surface area contributed by atoms with Crippen molar-refractivity contribution in [1.29, 1.82) is 0 Å². The smallest absolute Gasteiger partial charge is 0.0125 e. The van der Waals surface area contributed by atoms with E-state index in [0.717, 1.165) is 12.0 Å². The maximum absolute atomic E-state index is 2.73. The summed E-state index contributed by atoms with van der Waals surface area (Å²) in [7, 11) is 0. The van der Waals surface area contributed by atoms with Crippen LogP contribution in [0.2, 0.25) is 0 Å². The molecule has 0 spiro atoms. The molecule has 2 heterocycles. The normalized spacial score (nSPS) is 29.7. The van der Waals surface area contributed by atoms with Crippen LogP contribution in [0.15, 0.2) is 0 Å². The second-order valence-corrected chi connectivity index (χ2v) is 7.45. The van der Waals surface area contributed by atoms with Gasteiger partial charge in [-0.25, -0.2) is 0 Å². The zero-order valence-corrected chi connectivity index (χ0v) is 12.9. The molecule has 2 saturated heterocycles. The summed E-state index contributed by atoms with van der Waals surface area (Å²) in [5.74, 6) is 0.932. The summed E-state index contributed by atoms with van der Waals surface area (Å²) in [6, 6.07) is 0.801. The maximum atomic E-state index is 2.73.